The first-order chi connectivity index (χ1) is 9.22. The molecule has 0 spiro atoms. The molecule has 1 aromatic heterocycles. The number of hydrogen-bond donors (Lipinski definition) is 1. The van der Waals surface area contributed by atoms with Gasteiger partial charge in [-0.3, -0.25) is 0 Å². The first-order valence-electron chi connectivity index (χ1n) is 6.46. The summed E-state index contributed by atoms with van der Waals surface area (Å²) in [6.45, 7) is 2.99. The van der Waals surface area contributed by atoms with E-state index in [4.69, 9.17) is 14.2 Å². The largest absolute Gasteiger partial charge is 0.493 e. The third-order valence-electron chi connectivity index (χ3n) is 3.66. The first kappa shape index (κ1) is 12.3. The Kier molecular flexibility index (Phi) is 3.06. The molecule has 1 aromatic carbocycles. The van der Waals surface area contributed by atoms with Crippen molar-refractivity contribution in [2.45, 2.75) is 19.4 Å². The Hall–Kier alpha value is -1.75. The number of H-pyrrole nitrogens is 1. The van der Waals surface area contributed by atoms with Crippen molar-refractivity contribution >= 4 is 11.0 Å². The Balaban J connectivity index is 2.05. The number of ether oxygens (including phenoxy) is 3. The maximum Gasteiger partial charge on any atom is 0.163 e. The molecule has 1 aliphatic rings. The molecule has 0 amide bonds. The fourth-order valence-corrected chi connectivity index (χ4v) is 2.54. The number of hydrogen-bond acceptors (Lipinski definition) is 4. The van der Waals surface area contributed by atoms with Crippen LogP contribution in [-0.4, -0.2) is 30.8 Å². The quantitative estimate of drug-likeness (QED) is 0.924. The van der Waals surface area contributed by atoms with E-state index < -0.39 is 0 Å². The molecule has 0 radical (unpaired) electrons. The summed E-state index contributed by atoms with van der Waals surface area (Å²) in [5.41, 5.74) is 1.81. The summed E-state index contributed by atoms with van der Waals surface area (Å²) in [5, 5.41) is 0. The molecule has 19 heavy (non-hydrogen) atoms. The van der Waals surface area contributed by atoms with Crippen LogP contribution in [0.4, 0.5) is 0 Å². The summed E-state index contributed by atoms with van der Waals surface area (Å²) in [7, 11) is 3.25. The number of fused-ring (bicyclic) bond motifs is 1. The van der Waals surface area contributed by atoms with Crippen LogP contribution in [0, 0.1) is 5.92 Å². The number of rotatable bonds is 3. The van der Waals surface area contributed by atoms with Crippen LogP contribution in [0.1, 0.15) is 25.3 Å². The number of aromatic nitrogens is 2. The Bertz CT molecular complexity index is 553. The van der Waals surface area contributed by atoms with Gasteiger partial charge < -0.3 is 19.2 Å². The van der Waals surface area contributed by atoms with Crippen LogP contribution in [-0.2, 0) is 4.74 Å². The highest BCUT2D eigenvalue weighted by Crippen LogP contribution is 2.36. The Morgan fingerprint density at radius 2 is 2.00 bits per heavy atom. The van der Waals surface area contributed by atoms with E-state index in [9.17, 15) is 0 Å². The molecule has 102 valence electrons. The van der Waals surface area contributed by atoms with Crippen molar-refractivity contribution in [2.24, 2.45) is 5.92 Å². The van der Waals surface area contributed by atoms with Crippen molar-refractivity contribution in [2.75, 3.05) is 20.8 Å². The van der Waals surface area contributed by atoms with Crippen LogP contribution >= 0.6 is 0 Å². The highest BCUT2D eigenvalue weighted by molar-refractivity contribution is 5.79. The van der Waals surface area contributed by atoms with Crippen molar-refractivity contribution in [1.82, 2.24) is 9.97 Å². The number of imidazole rings is 1. The molecule has 2 aromatic rings. The van der Waals surface area contributed by atoms with E-state index in [2.05, 4.69) is 16.9 Å². The lowest BCUT2D eigenvalue weighted by Gasteiger charge is -2.10. The molecule has 2 unspecified atom stereocenters. The fraction of sp³-hybridized carbons (Fsp3) is 0.500. The van der Waals surface area contributed by atoms with Gasteiger partial charge in [-0.15, -0.1) is 0 Å². The molecule has 0 bridgehead atoms. The molecular weight excluding hydrogens is 244 g/mol. The second-order valence-corrected chi connectivity index (χ2v) is 4.90. The minimum absolute atomic E-state index is 0.0596. The van der Waals surface area contributed by atoms with Crippen LogP contribution in [0.3, 0.4) is 0 Å². The number of benzene rings is 1. The second-order valence-electron chi connectivity index (χ2n) is 4.90. The minimum Gasteiger partial charge on any atom is -0.493 e. The Morgan fingerprint density at radius 3 is 2.63 bits per heavy atom. The second kappa shape index (κ2) is 4.74. The van der Waals surface area contributed by atoms with E-state index in [0.29, 0.717) is 17.4 Å². The lowest BCUT2D eigenvalue weighted by atomic mass is 10.0. The lowest BCUT2D eigenvalue weighted by Crippen LogP contribution is -2.05. The van der Waals surface area contributed by atoms with Crippen LogP contribution in [0.15, 0.2) is 12.1 Å². The molecule has 1 N–H and O–H groups in total. The van der Waals surface area contributed by atoms with Crippen LogP contribution < -0.4 is 9.47 Å². The maximum absolute atomic E-state index is 5.74. The van der Waals surface area contributed by atoms with Crippen molar-refractivity contribution < 1.29 is 14.2 Å². The third-order valence-corrected chi connectivity index (χ3v) is 3.66. The van der Waals surface area contributed by atoms with Gasteiger partial charge in [0, 0.05) is 18.7 Å². The topological polar surface area (TPSA) is 56.4 Å². The predicted molar refractivity (Wildman–Crippen MR) is 71.7 cm³/mol. The average molecular weight is 262 g/mol. The average Bonchev–Trinajstić information content (AvgIpc) is 3.01. The number of aromatic amines is 1. The molecule has 0 saturated carbocycles. The number of methoxy groups -OCH3 is 2. The van der Waals surface area contributed by atoms with E-state index in [1.54, 1.807) is 14.2 Å². The van der Waals surface area contributed by atoms with Crippen molar-refractivity contribution in [3.05, 3.63) is 18.0 Å². The van der Waals surface area contributed by atoms with Crippen molar-refractivity contribution in [1.29, 1.82) is 0 Å². The van der Waals surface area contributed by atoms with Crippen LogP contribution in [0.2, 0.25) is 0 Å². The zero-order valence-electron chi connectivity index (χ0n) is 11.4. The smallest absolute Gasteiger partial charge is 0.163 e. The van der Waals surface area contributed by atoms with Gasteiger partial charge in [0.25, 0.3) is 0 Å². The van der Waals surface area contributed by atoms with Gasteiger partial charge in [0.1, 0.15) is 11.9 Å². The van der Waals surface area contributed by atoms with Gasteiger partial charge in [-0.1, -0.05) is 6.92 Å². The molecule has 1 fully saturated rings. The molecule has 2 heterocycles. The van der Waals surface area contributed by atoms with E-state index in [1.807, 2.05) is 12.1 Å². The Labute approximate surface area is 111 Å². The highest BCUT2D eigenvalue weighted by Gasteiger charge is 2.28. The van der Waals surface area contributed by atoms with Gasteiger partial charge in [-0.05, 0) is 12.3 Å². The molecule has 0 aliphatic carbocycles. The van der Waals surface area contributed by atoms with Crippen LogP contribution in [0.25, 0.3) is 11.0 Å². The SMILES string of the molecule is COc1cc2nc(C3OCCC3C)[nH]c2cc1OC. The Morgan fingerprint density at radius 1 is 1.26 bits per heavy atom. The molecular formula is C14H18N2O3. The zero-order valence-corrected chi connectivity index (χ0v) is 11.4. The van der Waals surface area contributed by atoms with Crippen molar-refractivity contribution in [3.63, 3.8) is 0 Å². The summed E-state index contributed by atoms with van der Waals surface area (Å²) < 4.78 is 16.3. The number of nitrogens with one attached hydrogen (secondary N) is 1. The molecule has 1 saturated heterocycles. The van der Waals surface area contributed by atoms with E-state index in [0.717, 1.165) is 29.9 Å². The molecule has 5 nitrogen and oxygen atoms in total. The van der Waals surface area contributed by atoms with E-state index >= 15 is 0 Å². The summed E-state index contributed by atoms with van der Waals surface area (Å²) in [6.07, 6.45) is 1.14. The van der Waals surface area contributed by atoms with E-state index in [-0.39, 0.29) is 6.10 Å². The lowest BCUT2D eigenvalue weighted by molar-refractivity contribution is 0.0883. The highest BCUT2D eigenvalue weighted by atomic mass is 16.5. The molecule has 5 heteroatoms. The predicted octanol–water partition coefficient (Wildman–Crippen LogP) is 2.68. The first-order valence-corrected chi connectivity index (χ1v) is 6.46. The third kappa shape index (κ3) is 2.04. The zero-order chi connectivity index (χ0) is 13.4. The van der Waals surface area contributed by atoms with Gasteiger partial charge in [0.15, 0.2) is 11.5 Å². The summed E-state index contributed by atoms with van der Waals surface area (Å²) in [6, 6.07) is 3.79. The fourth-order valence-electron chi connectivity index (χ4n) is 2.54. The van der Waals surface area contributed by atoms with Gasteiger partial charge in [0.05, 0.1) is 25.3 Å². The molecule has 3 rings (SSSR count). The van der Waals surface area contributed by atoms with Gasteiger partial charge in [-0.2, -0.15) is 0 Å². The van der Waals surface area contributed by atoms with Crippen molar-refractivity contribution in [3.8, 4) is 11.5 Å². The maximum atomic E-state index is 5.74. The standard InChI is InChI=1S/C14H18N2O3/c1-8-4-5-19-13(8)14-15-9-6-11(17-2)12(18-3)7-10(9)16-14/h6-8,13H,4-5H2,1-3H3,(H,15,16). The minimum atomic E-state index is 0.0596. The van der Waals surface area contributed by atoms with E-state index in [1.165, 1.54) is 0 Å². The number of nitrogens with zero attached hydrogens (tertiary/aromatic N) is 1. The molecule has 1 aliphatic heterocycles. The monoisotopic (exact) mass is 262 g/mol. The summed E-state index contributed by atoms with van der Waals surface area (Å²) >= 11 is 0. The van der Waals surface area contributed by atoms with Gasteiger partial charge in [-0.25, -0.2) is 4.98 Å². The van der Waals surface area contributed by atoms with Crippen LogP contribution in [0.5, 0.6) is 11.5 Å². The van der Waals surface area contributed by atoms with Gasteiger partial charge >= 0.3 is 0 Å². The van der Waals surface area contributed by atoms with Gasteiger partial charge in [0.2, 0.25) is 0 Å². The summed E-state index contributed by atoms with van der Waals surface area (Å²) in [4.78, 5) is 7.94. The normalized spacial score (nSPS) is 22.9. The summed E-state index contributed by atoms with van der Waals surface area (Å²) in [5.74, 6) is 2.76. The molecule has 2 atom stereocenters.